The SMILES string of the molecule is COc1ccc(Cl)cc1N1C(=O)C(Sc2ccccc2)=C(c2ccc(C)c(C)c2)C1=O. The van der Waals surface area contributed by atoms with Crippen LogP contribution in [0.15, 0.2) is 76.5 Å². The van der Waals surface area contributed by atoms with Crippen LogP contribution in [0.25, 0.3) is 5.57 Å². The van der Waals surface area contributed by atoms with Gasteiger partial charge in [0, 0.05) is 9.92 Å². The van der Waals surface area contributed by atoms with E-state index in [1.54, 1.807) is 18.2 Å². The normalized spacial score (nSPS) is 13.9. The van der Waals surface area contributed by atoms with E-state index in [1.807, 2.05) is 62.4 Å². The Morgan fingerprint density at radius 1 is 0.871 bits per heavy atom. The average molecular weight is 450 g/mol. The van der Waals surface area contributed by atoms with Gasteiger partial charge in [-0.3, -0.25) is 9.59 Å². The molecule has 0 aliphatic carbocycles. The molecule has 0 radical (unpaired) electrons. The van der Waals surface area contributed by atoms with Crippen LogP contribution < -0.4 is 9.64 Å². The lowest BCUT2D eigenvalue weighted by Gasteiger charge is -2.18. The Labute approximate surface area is 190 Å². The van der Waals surface area contributed by atoms with Crippen LogP contribution in [0.4, 0.5) is 5.69 Å². The van der Waals surface area contributed by atoms with Crippen LogP contribution in [0.2, 0.25) is 5.02 Å². The van der Waals surface area contributed by atoms with Crippen molar-refractivity contribution in [2.24, 2.45) is 0 Å². The lowest BCUT2D eigenvalue weighted by molar-refractivity contribution is -0.119. The third-order valence-electron chi connectivity index (χ3n) is 5.18. The summed E-state index contributed by atoms with van der Waals surface area (Å²) in [5.41, 5.74) is 3.59. The number of anilines is 1. The van der Waals surface area contributed by atoms with Gasteiger partial charge in [0.25, 0.3) is 11.8 Å². The van der Waals surface area contributed by atoms with Crippen LogP contribution in [0.5, 0.6) is 5.75 Å². The van der Waals surface area contributed by atoms with Gasteiger partial charge in [-0.25, -0.2) is 4.90 Å². The third-order valence-corrected chi connectivity index (χ3v) is 6.51. The average Bonchev–Trinajstić information content (AvgIpc) is 3.00. The number of carbonyl (C=O) groups excluding carboxylic acids is 2. The summed E-state index contributed by atoms with van der Waals surface area (Å²) < 4.78 is 5.41. The van der Waals surface area contributed by atoms with Crippen LogP contribution in [-0.4, -0.2) is 18.9 Å². The topological polar surface area (TPSA) is 46.6 Å². The first-order valence-corrected chi connectivity index (χ1v) is 10.9. The Hall–Kier alpha value is -3.02. The summed E-state index contributed by atoms with van der Waals surface area (Å²) >= 11 is 7.47. The van der Waals surface area contributed by atoms with Gasteiger partial charge in [-0.15, -0.1) is 0 Å². The number of ether oxygens (including phenoxy) is 1. The van der Waals surface area contributed by atoms with Gasteiger partial charge >= 0.3 is 0 Å². The van der Waals surface area contributed by atoms with Gasteiger partial charge in [0.05, 0.1) is 23.3 Å². The summed E-state index contributed by atoms with van der Waals surface area (Å²) in [5, 5.41) is 0.410. The molecular formula is C25H20ClNO3S. The molecule has 0 saturated heterocycles. The zero-order valence-electron chi connectivity index (χ0n) is 17.3. The highest BCUT2D eigenvalue weighted by Gasteiger charge is 2.41. The van der Waals surface area contributed by atoms with Crippen molar-refractivity contribution >= 4 is 46.4 Å². The van der Waals surface area contributed by atoms with Crippen LogP contribution in [0, 0.1) is 13.8 Å². The van der Waals surface area contributed by atoms with Crippen molar-refractivity contribution in [1.29, 1.82) is 0 Å². The summed E-state index contributed by atoms with van der Waals surface area (Å²) in [6.07, 6.45) is 0. The van der Waals surface area contributed by atoms with E-state index in [9.17, 15) is 9.59 Å². The maximum Gasteiger partial charge on any atom is 0.273 e. The van der Waals surface area contributed by atoms with E-state index in [0.717, 1.165) is 20.9 Å². The molecule has 0 saturated carbocycles. The maximum atomic E-state index is 13.6. The fourth-order valence-corrected chi connectivity index (χ4v) is 4.60. The number of benzene rings is 3. The zero-order valence-corrected chi connectivity index (χ0v) is 18.9. The monoisotopic (exact) mass is 449 g/mol. The third kappa shape index (κ3) is 3.99. The van der Waals surface area contributed by atoms with Gasteiger partial charge in [-0.2, -0.15) is 0 Å². The van der Waals surface area contributed by atoms with E-state index in [0.29, 0.717) is 32.5 Å². The Morgan fingerprint density at radius 3 is 2.29 bits per heavy atom. The van der Waals surface area contributed by atoms with E-state index in [1.165, 1.54) is 18.9 Å². The molecule has 0 spiro atoms. The molecule has 3 aromatic rings. The second-order valence-electron chi connectivity index (χ2n) is 7.18. The van der Waals surface area contributed by atoms with Gasteiger partial charge in [0.15, 0.2) is 0 Å². The molecule has 0 N–H and O–H groups in total. The first-order chi connectivity index (χ1) is 14.9. The molecule has 1 aliphatic rings. The van der Waals surface area contributed by atoms with Crippen molar-refractivity contribution in [2.45, 2.75) is 18.7 Å². The van der Waals surface area contributed by atoms with Crippen molar-refractivity contribution in [2.75, 3.05) is 12.0 Å². The highest BCUT2D eigenvalue weighted by Crippen LogP contribution is 2.44. The number of amides is 2. The number of carbonyl (C=O) groups is 2. The number of hydrogen-bond donors (Lipinski definition) is 0. The van der Waals surface area contributed by atoms with Crippen molar-refractivity contribution < 1.29 is 14.3 Å². The van der Waals surface area contributed by atoms with Gasteiger partial charge in [-0.1, -0.05) is 59.8 Å². The van der Waals surface area contributed by atoms with Gasteiger partial charge in [0.2, 0.25) is 0 Å². The molecule has 0 fully saturated rings. The van der Waals surface area contributed by atoms with E-state index in [4.69, 9.17) is 16.3 Å². The van der Waals surface area contributed by atoms with Crippen molar-refractivity contribution in [3.05, 3.63) is 93.3 Å². The number of nitrogens with zero attached hydrogens (tertiary/aromatic N) is 1. The fourth-order valence-electron chi connectivity index (χ4n) is 3.42. The molecule has 3 aromatic carbocycles. The molecule has 6 heteroatoms. The van der Waals surface area contributed by atoms with E-state index < -0.39 is 11.8 Å². The van der Waals surface area contributed by atoms with Gasteiger partial charge in [0.1, 0.15) is 5.75 Å². The molecule has 2 amide bonds. The molecular weight excluding hydrogens is 430 g/mol. The molecule has 0 unspecified atom stereocenters. The van der Waals surface area contributed by atoms with Crippen molar-refractivity contribution in [3.8, 4) is 5.75 Å². The second kappa shape index (κ2) is 8.61. The first kappa shape index (κ1) is 21.2. The predicted octanol–water partition coefficient (Wildman–Crippen LogP) is 6.04. The number of aryl methyl sites for hydroxylation is 2. The van der Waals surface area contributed by atoms with E-state index >= 15 is 0 Å². The summed E-state index contributed by atoms with van der Waals surface area (Å²) in [6, 6.07) is 20.2. The predicted molar refractivity (Wildman–Crippen MR) is 126 cm³/mol. The fraction of sp³-hybridized carbons (Fsp3) is 0.120. The van der Waals surface area contributed by atoms with Gasteiger partial charge in [-0.05, 0) is 60.9 Å². The molecule has 0 bridgehead atoms. The Balaban J connectivity index is 1.88. The van der Waals surface area contributed by atoms with Crippen LogP contribution >= 0.6 is 23.4 Å². The number of rotatable bonds is 5. The van der Waals surface area contributed by atoms with Crippen LogP contribution in [0.1, 0.15) is 16.7 Å². The summed E-state index contributed by atoms with van der Waals surface area (Å²) in [7, 11) is 1.50. The van der Waals surface area contributed by atoms with E-state index in [2.05, 4.69) is 0 Å². The van der Waals surface area contributed by atoms with Gasteiger partial charge < -0.3 is 4.74 Å². The number of methoxy groups -OCH3 is 1. The van der Waals surface area contributed by atoms with Crippen molar-refractivity contribution in [3.63, 3.8) is 0 Å². The summed E-state index contributed by atoms with van der Waals surface area (Å²) in [5.74, 6) is -0.392. The smallest absolute Gasteiger partial charge is 0.273 e. The minimum absolute atomic E-state index is 0.329. The Morgan fingerprint density at radius 2 is 1.61 bits per heavy atom. The lowest BCUT2D eigenvalue weighted by atomic mass is 10.0. The Kier molecular flexibility index (Phi) is 5.90. The van der Waals surface area contributed by atoms with Crippen molar-refractivity contribution in [1.82, 2.24) is 0 Å². The van der Waals surface area contributed by atoms with Crippen LogP contribution in [0.3, 0.4) is 0 Å². The quantitative estimate of drug-likeness (QED) is 0.445. The molecule has 1 aliphatic heterocycles. The van der Waals surface area contributed by atoms with E-state index in [-0.39, 0.29) is 0 Å². The highest BCUT2D eigenvalue weighted by atomic mass is 35.5. The minimum atomic E-state index is -0.396. The number of halogens is 1. The number of imide groups is 1. The molecule has 0 atom stereocenters. The summed E-state index contributed by atoms with van der Waals surface area (Å²) in [4.78, 5) is 29.6. The molecule has 31 heavy (non-hydrogen) atoms. The molecule has 1 heterocycles. The molecule has 4 nitrogen and oxygen atoms in total. The van der Waals surface area contributed by atoms with Crippen LogP contribution in [-0.2, 0) is 9.59 Å². The lowest BCUT2D eigenvalue weighted by Crippen LogP contribution is -2.31. The maximum absolute atomic E-state index is 13.6. The minimum Gasteiger partial charge on any atom is -0.495 e. The molecule has 4 rings (SSSR count). The molecule has 0 aromatic heterocycles. The second-order valence-corrected chi connectivity index (χ2v) is 8.70. The Bertz CT molecular complexity index is 1220. The number of hydrogen-bond acceptors (Lipinski definition) is 4. The molecule has 156 valence electrons. The summed E-state index contributed by atoms with van der Waals surface area (Å²) in [6.45, 7) is 4.00. The first-order valence-electron chi connectivity index (χ1n) is 9.68. The zero-order chi connectivity index (χ0) is 22.1. The largest absolute Gasteiger partial charge is 0.495 e. The highest BCUT2D eigenvalue weighted by molar-refractivity contribution is 8.04. The standard InChI is InChI=1S/C25H20ClNO3S/c1-15-9-10-17(13-16(15)2)22-23(31-19-7-5-4-6-8-19)25(29)27(24(22)28)20-14-18(26)11-12-21(20)30-3/h4-14H,1-3H3. The number of thioether (sulfide) groups is 1.